The average molecular weight is 322 g/mol. The molecule has 0 radical (unpaired) electrons. The lowest BCUT2D eigenvalue weighted by atomic mass is 9.90. The van der Waals surface area contributed by atoms with Crippen molar-refractivity contribution in [2.75, 3.05) is 0 Å². The monoisotopic (exact) mass is 322 g/mol. The molecule has 5 atom stereocenters. The van der Waals surface area contributed by atoms with Crippen molar-refractivity contribution in [2.24, 2.45) is 23.5 Å². The third-order valence-corrected chi connectivity index (χ3v) is 4.81. The SMILES string of the molecule is N[C@]1(C(=O)O)C[C@@H](NC(=O)c2ccccc2F)[C@@H]2[C@@H](C(=O)O)[C@H]21. The van der Waals surface area contributed by atoms with Gasteiger partial charge < -0.3 is 21.3 Å². The number of carboxylic acid groups (broad SMARTS) is 2. The Hall–Kier alpha value is -2.48. The standard InChI is InChI=1S/C15H15FN2O5/c16-7-4-2-1-3-6(7)12(19)18-8-5-15(17,14(22)23)11-9(8)10(11)13(20)21/h1-4,8-11H,5,17H2,(H,18,19)(H,20,21)(H,22,23)/t8-,9-,10-,11+,15-/m1/s1. The van der Waals surface area contributed by atoms with Gasteiger partial charge in [0.15, 0.2) is 0 Å². The van der Waals surface area contributed by atoms with Gasteiger partial charge in [-0.2, -0.15) is 0 Å². The summed E-state index contributed by atoms with van der Waals surface area (Å²) in [5.74, 6) is -6.04. The molecule has 0 heterocycles. The minimum Gasteiger partial charge on any atom is -0.481 e. The molecule has 23 heavy (non-hydrogen) atoms. The van der Waals surface area contributed by atoms with E-state index >= 15 is 0 Å². The number of hydrogen-bond acceptors (Lipinski definition) is 4. The van der Waals surface area contributed by atoms with Crippen LogP contribution < -0.4 is 11.1 Å². The van der Waals surface area contributed by atoms with E-state index in [2.05, 4.69) is 5.32 Å². The number of amides is 1. The molecule has 0 aromatic heterocycles. The van der Waals surface area contributed by atoms with Gasteiger partial charge in [0, 0.05) is 12.0 Å². The summed E-state index contributed by atoms with van der Waals surface area (Å²) in [7, 11) is 0. The highest BCUT2D eigenvalue weighted by Gasteiger charge is 2.74. The fourth-order valence-corrected chi connectivity index (χ4v) is 3.72. The largest absolute Gasteiger partial charge is 0.481 e. The van der Waals surface area contributed by atoms with Crippen molar-refractivity contribution in [1.29, 1.82) is 0 Å². The summed E-state index contributed by atoms with van der Waals surface area (Å²) in [6.45, 7) is 0. The Kier molecular flexibility index (Phi) is 3.36. The summed E-state index contributed by atoms with van der Waals surface area (Å²) in [6, 6.07) is 4.65. The van der Waals surface area contributed by atoms with Gasteiger partial charge >= 0.3 is 11.9 Å². The third kappa shape index (κ3) is 2.26. The highest BCUT2D eigenvalue weighted by molar-refractivity contribution is 5.95. The normalized spacial score (nSPS) is 34.5. The molecule has 1 aromatic rings. The maximum atomic E-state index is 13.6. The molecule has 7 nitrogen and oxygen atoms in total. The van der Waals surface area contributed by atoms with E-state index in [-0.39, 0.29) is 12.0 Å². The molecule has 122 valence electrons. The number of hydrogen-bond donors (Lipinski definition) is 4. The van der Waals surface area contributed by atoms with Crippen molar-refractivity contribution in [1.82, 2.24) is 5.32 Å². The zero-order valence-electron chi connectivity index (χ0n) is 11.9. The molecule has 3 rings (SSSR count). The Morgan fingerprint density at radius 2 is 1.91 bits per heavy atom. The van der Waals surface area contributed by atoms with Crippen molar-refractivity contribution >= 4 is 17.8 Å². The Labute approximate surface area is 130 Å². The molecule has 5 N–H and O–H groups in total. The number of rotatable bonds is 4. The smallest absolute Gasteiger partial charge is 0.324 e. The molecule has 2 aliphatic rings. The first-order valence-electron chi connectivity index (χ1n) is 7.08. The summed E-state index contributed by atoms with van der Waals surface area (Å²) in [5, 5.41) is 21.0. The molecule has 1 aromatic carbocycles. The molecule has 1 amide bonds. The van der Waals surface area contributed by atoms with Crippen molar-refractivity contribution in [2.45, 2.75) is 18.0 Å². The second-order valence-corrected chi connectivity index (χ2v) is 6.08. The van der Waals surface area contributed by atoms with E-state index in [4.69, 9.17) is 10.8 Å². The number of carboxylic acids is 2. The number of carbonyl (C=O) groups is 3. The first kappa shape index (κ1) is 15.4. The summed E-state index contributed by atoms with van der Waals surface area (Å²) in [4.78, 5) is 34.8. The van der Waals surface area contributed by atoms with Crippen LogP contribution in [0.2, 0.25) is 0 Å². The van der Waals surface area contributed by atoms with E-state index in [1.165, 1.54) is 18.2 Å². The van der Waals surface area contributed by atoms with Gasteiger partial charge in [0.1, 0.15) is 11.4 Å². The zero-order chi connectivity index (χ0) is 16.9. The number of benzene rings is 1. The predicted octanol–water partition coefficient (Wildman–Crippen LogP) is 0.0567. The van der Waals surface area contributed by atoms with Gasteiger partial charge in [-0.15, -0.1) is 0 Å². The van der Waals surface area contributed by atoms with Crippen LogP contribution in [0.15, 0.2) is 24.3 Å². The molecular formula is C15H15FN2O5. The van der Waals surface area contributed by atoms with Crippen molar-refractivity contribution in [3.63, 3.8) is 0 Å². The molecule has 0 saturated heterocycles. The van der Waals surface area contributed by atoms with Crippen LogP contribution in [0.3, 0.4) is 0 Å². The lowest BCUT2D eigenvalue weighted by Crippen LogP contribution is -2.52. The van der Waals surface area contributed by atoms with E-state index in [1.54, 1.807) is 0 Å². The predicted molar refractivity (Wildman–Crippen MR) is 74.9 cm³/mol. The fourth-order valence-electron chi connectivity index (χ4n) is 3.72. The van der Waals surface area contributed by atoms with Gasteiger partial charge in [-0.25, -0.2) is 4.39 Å². The lowest BCUT2D eigenvalue weighted by Gasteiger charge is -2.25. The first-order chi connectivity index (χ1) is 10.8. The van der Waals surface area contributed by atoms with E-state index in [9.17, 15) is 23.9 Å². The van der Waals surface area contributed by atoms with E-state index in [0.29, 0.717) is 0 Å². The minimum atomic E-state index is -1.69. The highest BCUT2D eigenvalue weighted by atomic mass is 19.1. The van der Waals surface area contributed by atoms with Crippen molar-refractivity contribution in [3.8, 4) is 0 Å². The molecule has 2 fully saturated rings. The number of aliphatic carboxylic acids is 2. The lowest BCUT2D eigenvalue weighted by molar-refractivity contribution is -0.145. The maximum absolute atomic E-state index is 13.6. The molecule has 0 aliphatic heterocycles. The van der Waals surface area contributed by atoms with Crippen LogP contribution in [0.25, 0.3) is 0 Å². The quantitative estimate of drug-likeness (QED) is 0.620. The van der Waals surface area contributed by atoms with Crippen LogP contribution in [0, 0.1) is 23.6 Å². The first-order valence-corrected chi connectivity index (χ1v) is 7.08. The second-order valence-electron chi connectivity index (χ2n) is 6.08. The van der Waals surface area contributed by atoms with Gasteiger partial charge in [0.25, 0.3) is 5.91 Å². The number of halogens is 1. The zero-order valence-corrected chi connectivity index (χ0v) is 11.9. The molecule has 2 aliphatic carbocycles. The molecule has 2 saturated carbocycles. The second kappa shape index (κ2) is 5.02. The molecular weight excluding hydrogens is 307 g/mol. The van der Waals surface area contributed by atoms with Crippen LogP contribution >= 0.6 is 0 Å². The van der Waals surface area contributed by atoms with Crippen LogP contribution in [0.4, 0.5) is 4.39 Å². The van der Waals surface area contributed by atoms with Crippen LogP contribution in [0.1, 0.15) is 16.8 Å². The summed E-state index contributed by atoms with van der Waals surface area (Å²) < 4.78 is 13.6. The van der Waals surface area contributed by atoms with Crippen LogP contribution in [0.5, 0.6) is 0 Å². The molecule has 0 spiro atoms. The maximum Gasteiger partial charge on any atom is 0.324 e. The molecule has 8 heteroatoms. The molecule has 0 unspecified atom stereocenters. The highest BCUT2D eigenvalue weighted by Crippen LogP contribution is 2.61. The van der Waals surface area contributed by atoms with E-state index in [0.717, 1.165) is 6.07 Å². The summed E-state index contributed by atoms with van der Waals surface area (Å²) in [5.41, 5.74) is 3.99. The van der Waals surface area contributed by atoms with Gasteiger partial charge in [-0.3, -0.25) is 14.4 Å². The van der Waals surface area contributed by atoms with Crippen LogP contribution in [-0.2, 0) is 9.59 Å². The van der Waals surface area contributed by atoms with Crippen molar-refractivity contribution in [3.05, 3.63) is 35.6 Å². The number of carbonyl (C=O) groups excluding carboxylic acids is 1. The Balaban J connectivity index is 1.82. The third-order valence-electron chi connectivity index (χ3n) is 4.81. The van der Waals surface area contributed by atoms with Crippen molar-refractivity contribution < 1.29 is 29.0 Å². The minimum absolute atomic E-state index is 0.0817. The summed E-state index contributed by atoms with van der Waals surface area (Å²) >= 11 is 0. The Bertz CT molecular complexity index is 709. The fraction of sp³-hybridized carbons (Fsp3) is 0.400. The summed E-state index contributed by atoms with van der Waals surface area (Å²) in [6.07, 6.45) is -0.0817. The van der Waals surface area contributed by atoms with E-state index < -0.39 is 53.0 Å². The van der Waals surface area contributed by atoms with Gasteiger partial charge in [-0.1, -0.05) is 12.1 Å². The van der Waals surface area contributed by atoms with Crippen LogP contribution in [-0.4, -0.2) is 39.6 Å². The number of nitrogens with one attached hydrogen (secondary N) is 1. The van der Waals surface area contributed by atoms with E-state index in [1.807, 2.05) is 0 Å². The van der Waals surface area contributed by atoms with Gasteiger partial charge in [0.05, 0.1) is 11.5 Å². The Morgan fingerprint density at radius 1 is 1.26 bits per heavy atom. The molecule has 0 bridgehead atoms. The number of fused-ring (bicyclic) bond motifs is 1. The topological polar surface area (TPSA) is 130 Å². The average Bonchev–Trinajstić information content (AvgIpc) is 3.16. The van der Waals surface area contributed by atoms with Gasteiger partial charge in [0.2, 0.25) is 0 Å². The van der Waals surface area contributed by atoms with Gasteiger partial charge in [-0.05, 0) is 24.5 Å². The Morgan fingerprint density at radius 3 is 2.48 bits per heavy atom. The number of nitrogens with two attached hydrogens (primary N) is 1.